The Hall–Kier alpha value is -4.01. The molecule has 0 saturated heterocycles. The van der Waals surface area contributed by atoms with Crippen LogP contribution in [0, 0.1) is 12.7 Å². The average molecular weight is 415 g/mol. The standard InChI is InChI=1S/C22H18FN7O/c1-13-3-2-9-30-18(13)11-17(28-30)20-19-16(24-12-25-19)8-10-29(20)22-27-26-21(31-22)14-4-6-15(23)7-5-14/h2-7,9,11-12,20H,8,10H2,1H3,(H,24,25). The molecule has 1 atom stereocenters. The predicted octanol–water partition coefficient (Wildman–Crippen LogP) is 3.71. The van der Waals surface area contributed by atoms with Crippen molar-refractivity contribution in [3.63, 3.8) is 0 Å². The maximum absolute atomic E-state index is 13.3. The molecule has 0 radical (unpaired) electrons. The van der Waals surface area contributed by atoms with Gasteiger partial charge in [-0.1, -0.05) is 11.2 Å². The number of hydrogen-bond acceptors (Lipinski definition) is 6. The van der Waals surface area contributed by atoms with Crippen LogP contribution in [0.3, 0.4) is 0 Å². The van der Waals surface area contributed by atoms with E-state index in [1.165, 1.54) is 12.1 Å². The van der Waals surface area contributed by atoms with Crippen molar-refractivity contribution in [2.45, 2.75) is 19.4 Å². The first-order chi connectivity index (χ1) is 15.2. The maximum Gasteiger partial charge on any atom is 0.319 e. The normalized spacial score (nSPS) is 16.1. The molecule has 4 aromatic heterocycles. The Labute approximate surface area is 176 Å². The lowest BCUT2D eigenvalue weighted by atomic mass is 10.00. The van der Waals surface area contributed by atoms with Gasteiger partial charge in [-0.15, -0.1) is 5.10 Å². The smallest absolute Gasteiger partial charge is 0.319 e. The highest BCUT2D eigenvalue weighted by Crippen LogP contribution is 2.37. The summed E-state index contributed by atoms with van der Waals surface area (Å²) in [7, 11) is 0. The van der Waals surface area contributed by atoms with Gasteiger partial charge in [-0.05, 0) is 48.9 Å². The quantitative estimate of drug-likeness (QED) is 0.483. The van der Waals surface area contributed by atoms with Crippen molar-refractivity contribution >= 4 is 11.5 Å². The molecule has 0 amide bonds. The number of nitrogens with zero attached hydrogens (tertiary/aromatic N) is 6. The number of pyridine rings is 1. The number of imidazole rings is 1. The zero-order valence-corrected chi connectivity index (χ0v) is 16.7. The van der Waals surface area contributed by atoms with Gasteiger partial charge in [0.2, 0.25) is 5.89 Å². The number of hydrogen-bond donors (Lipinski definition) is 1. The van der Waals surface area contributed by atoms with Crippen molar-refractivity contribution in [1.82, 2.24) is 29.8 Å². The molecule has 31 heavy (non-hydrogen) atoms. The van der Waals surface area contributed by atoms with Crippen molar-refractivity contribution in [2.24, 2.45) is 0 Å². The molecular weight excluding hydrogens is 397 g/mol. The molecule has 8 nitrogen and oxygen atoms in total. The van der Waals surface area contributed by atoms with E-state index < -0.39 is 0 Å². The molecule has 0 fully saturated rings. The number of fused-ring (bicyclic) bond motifs is 2. The summed E-state index contributed by atoms with van der Waals surface area (Å²) in [5.74, 6) is 0.0280. The lowest BCUT2D eigenvalue weighted by Gasteiger charge is -2.32. The summed E-state index contributed by atoms with van der Waals surface area (Å²) in [4.78, 5) is 9.84. The summed E-state index contributed by atoms with van der Waals surface area (Å²) in [5, 5.41) is 13.3. The highest BCUT2D eigenvalue weighted by atomic mass is 19.1. The van der Waals surface area contributed by atoms with E-state index in [0.29, 0.717) is 24.0 Å². The number of H-pyrrole nitrogens is 1. The first-order valence-electron chi connectivity index (χ1n) is 10.0. The third-order valence-electron chi connectivity index (χ3n) is 5.69. The van der Waals surface area contributed by atoms with Gasteiger partial charge >= 0.3 is 6.01 Å². The SMILES string of the molecule is Cc1cccn2nc(C3c4nc[nH]c4CCN3c3nnc(-c4ccc(F)cc4)o3)cc12. The van der Waals surface area contributed by atoms with E-state index in [2.05, 4.69) is 39.2 Å². The molecule has 0 bridgehead atoms. The van der Waals surface area contributed by atoms with Gasteiger partial charge in [0.05, 0.1) is 23.2 Å². The third-order valence-corrected chi connectivity index (χ3v) is 5.69. The van der Waals surface area contributed by atoms with Gasteiger partial charge < -0.3 is 14.3 Å². The fourth-order valence-electron chi connectivity index (χ4n) is 4.13. The highest BCUT2D eigenvalue weighted by molar-refractivity contribution is 5.58. The molecule has 0 spiro atoms. The first-order valence-corrected chi connectivity index (χ1v) is 10.0. The van der Waals surface area contributed by atoms with Crippen LogP contribution in [0.25, 0.3) is 17.0 Å². The second-order valence-electron chi connectivity index (χ2n) is 7.60. The van der Waals surface area contributed by atoms with Gasteiger partial charge in [-0.25, -0.2) is 13.9 Å². The Morgan fingerprint density at radius 2 is 2.03 bits per heavy atom. The van der Waals surface area contributed by atoms with Crippen molar-refractivity contribution in [3.8, 4) is 11.5 Å². The molecule has 5 aromatic rings. The van der Waals surface area contributed by atoms with E-state index in [-0.39, 0.29) is 11.9 Å². The Morgan fingerprint density at radius 1 is 1.16 bits per heavy atom. The lowest BCUT2D eigenvalue weighted by molar-refractivity contribution is 0.503. The van der Waals surface area contributed by atoms with Crippen LogP contribution in [-0.4, -0.2) is 36.3 Å². The van der Waals surface area contributed by atoms with Crippen LogP contribution in [0.5, 0.6) is 0 Å². The molecular formula is C22H18FN7O. The summed E-state index contributed by atoms with van der Waals surface area (Å²) in [5.41, 5.74) is 5.67. The molecule has 0 saturated carbocycles. The number of benzene rings is 1. The van der Waals surface area contributed by atoms with Crippen molar-refractivity contribution in [2.75, 3.05) is 11.4 Å². The number of rotatable bonds is 3. The molecule has 6 rings (SSSR count). The molecule has 1 aliphatic rings. The van der Waals surface area contributed by atoms with Crippen LogP contribution in [0.15, 0.2) is 59.4 Å². The monoisotopic (exact) mass is 415 g/mol. The summed E-state index contributed by atoms with van der Waals surface area (Å²) in [6.45, 7) is 2.73. The van der Waals surface area contributed by atoms with Crippen LogP contribution in [-0.2, 0) is 6.42 Å². The molecule has 154 valence electrons. The van der Waals surface area contributed by atoms with Crippen LogP contribution >= 0.6 is 0 Å². The average Bonchev–Trinajstić information content (AvgIpc) is 3.52. The molecule has 5 heterocycles. The van der Waals surface area contributed by atoms with Crippen molar-refractivity contribution in [1.29, 1.82) is 0 Å². The molecule has 0 aliphatic carbocycles. The second-order valence-corrected chi connectivity index (χ2v) is 7.60. The summed E-state index contributed by atoms with van der Waals surface area (Å²) in [6, 6.07) is 12.2. The van der Waals surface area contributed by atoms with Crippen molar-refractivity contribution < 1.29 is 8.81 Å². The van der Waals surface area contributed by atoms with Crippen molar-refractivity contribution in [3.05, 3.63) is 83.5 Å². The zero-order chi connectivity index (χ0) is 20.9. The van der Waals surface area contributed by atoms with Gasteiger partial charge in [0.1, 0.15) is 11.9 Å². The molecule has 1 aliphatic heterocycles. The van der Waals surface area contributed by atoms with E-state index in [1.807, 2.05) is 21.7 Å². The summed E-state index contributed by atoms with van der Waals surface area (Å²) < 4.78 is 21.1. The van der Waals surface area contributed by atoms with E-state index in [4.69, 9.17) is 9.52 Å². The number of anilines is 1. The predicted molar refractivity (Wildman–Crippen MR) is 111 cm³/mol. The van der Waals surface area contributed by atoms with Crippen LogP contribution in [0.4, 0.5) is 10.4 Å². The highest BCUT2D eigenvalue weighted by Gasteiger charge is 2.36. The van der Waals surface area contributed by atoms with Crippen LogP contribution in [0.2, 0.25) is 0 Å². The van der Waals surface area contributed by atoms with E-state index in [0.717, 1.165) is 34.6 Å². The minimum Gasteiger partial charge on any atom is -0.403 e. The minimum atomic E-state index is -0.312. The van der Waals surface area contributed by atoms with Gasteiger partial charge in [0.25, 0.3) is 0 Å². The third kappa shape index (κ3) is 2.89. The maximum atomic E-state index is 13.3. The number of aryl methyl sites for hydroxylation is 1. The van der Waals surface area contributed by atoms with Crippen LogP contribution in [0.1, 0.15) is 28.7 Å². The van der Waals surface area contributed by atoms with E-state index >= 15 is 0 Å². The molecule has 1 aromatic carbocycles. The van der Waals surface area contributed by atoms with E-state index in [9.17, 15) is 4.39 Å². The van der Waals surface area contributed by atoms with Gasteiger partial charge in [-0.3, -0.25) is 0 Å². The van der Waals surface area contributed by atoms with E-state index in [1.54, 1.807) is 18.5 Å². The largest absolute Gasteiger partial charge is 0.403 e. The lowest BCUT2D eigenvalue weighted by Crippen LogP contribution is -2.36. The number of nitrogens with one attached hydrogen (secondary N) is 1. The van der Waals surface area contributed by atoms with Gasteiger partial charge in [0, 0.05) is 30.4 Å². The van der Waals surface area contributed by atoms with Crippen LogP contribution < -0.4 is 4.90 Å². The fraction of sp³-hybridized carbons (Fsp3) is 0.182. The molecule has 1 N–H and O–H groups in total. The second kappa shape index (κ2) is 6.76. The Morgan fingerprint density at radius 3 is 2.87 bits per heavy atom. The van der Waals surface area contributed by atoms with Gasteiger partial charge in [0.15, 0.2) is 0 Å². The first kappa shape index (κ1) is 17.8. The molecule has 9 heteroatoms. The Balaban J connectivity index is 1.44. The minimum absolute atomic E-state index is 0.268. The number of aromatic amines is 1. The summed E-state index contributed by atoms with van der Waals surface area (Å²) in [6.07, 6.45) is 4.41. The number of aromatic nitrogens is 6. The Kier molecular flexibility index (Phi) is 3.89. The molecule has 1 unspecified atom stereocenters. The van der Waals surface area contributed by atoms with Gasteiger partial charge in [-0.2, -0.15) is 5.10 Å². The zero-order valence-electron chi connectivity index (χ0n) is 16.7. The summed E-state index contributed by atoms with van der Waals surface area (Å²) >= 11 is 0. The Bertz CT molecular complexity index is 1380. The fourth-order valence-corrected chi connectivity index (χ4v) is 4.13. The number of halogens is 1. The topological polar surface area (TPSA) is 88.1 Å².